The third-order valence-corrected chi connectivity index (χ3v) is 6.47. The van der Waals surface area contributed by atoms with Crippen LogP contribution in [0, 0.1) is 0 Å². The maximum atomic E-state index is 13.3. The number of alkyl halides is 3. The van der Waals surface area contributed by atoms with Gasteiger partial charge in [0.2, 0.25) is 0 Å². The van der Waals surface area contributed by atoms with Gasteiger partial charge in [-0.3, -0.25) is 9.69 Å². The average Bonchev–Trinajstić information content (AvgIpc) is 3.42. The Morgan fingerprint density at radius 3 is 2.48 bits per heavy atom. The van der Waals surface area contributed by atoms with Crippen LogP contribution in [0.1, 0.15) is 21.1 Å². The molecule has 164 valence electrons. The Morgan fingerprint density at radius 1 is 1.10 bits per heavy atom. The average molecular weight is 469 g/mol. The molecule has 0 atom stereocenters. The van der Waals surface area contributed by atoms with E-state index in [1.54, 1.807) is 34.4 Å². The SMILES string of the molecule is O=C(c1cc(C(F)(F)F)nn1-c1ccccc1Cl)N1CCN(CCc2cccs2)CC1. The van der Waals surface area contributed by atoms with Gasteiger partial charge in [0.1, 0.15) is 5.69 Å². The molecule has 1 aliphatic heterocycles. The van der Waals surface area contributed by atoms with Crippen LogP contribution < -0.4 is 0 Å². The van der Waals surface area contributed by atoms with E-state index >= 15 is 0 Å². The minimum Gasteiger partial charge on any atom is -0.335 e. The molecule has 1 aromatic carbocycles. The highest BCUT2D eigenvalue weighted by Crippen LogP contribution is 2.31. The van der Waals surface area contributed by atoms with Crippen LogP contribution in [0.3, 0.4) is 0 Å². The standard InChI is InChI=1S/C21H20ClF3N4OS/c22-16-5-1-2-6-17(16)29-18(14-19(26-29)21(23,24)25)20(30)28-11-9-27(10-12-28)8-7-15-4-3-13-31-15/h1-6,13-14H,7-12H2. The minimum absolute atomic E-state index is 0.146. The molecule has 2 aromatic heterocycles. The van der Waals surface area contributed by atoms with Gasteiger partial charge < -0.3 is 4.90 Å². The Labute approximate surface area is 186 Å². The van der Waals surface area contributed by atoms with Gasteiger partial charge >= 0.3 is 6.18 Å². The second-order valence-corrected chi connectivity index (χ2v) is 8.68. The highest BCUT2D eigenvalue weighted by atomic mass is 35.5. The molecule has 3 heterocycles. The van der Waals surface area contributed by atoms with E-state index in [0.717, 1.165) is 23.7 Å². The van der Waals surface area contributed by atoms with Gasteiger partial charge in [0.25, 0.3) is 5.91 Å². The van der Waals surface area contributed by atoms with Gasteiger partial charge in [-0.05, 0) is 30.0 Å². The Hall–Kier alpha value is -2.36. The largest absolute Gasteiger partial charge is 0.435 e. The summed E-state index contributed by atoms with van der Waals surface area (Å²) in [6, 6.07) is 11.3. The van der Waals surface area contributed by atoms with Crippen LogP contribution in [0.15, 0.2) is 47.8 Å². The molecule has 0 bridgehead atoms. The van der Waals surface area contributed by atoms with E-state index in [4.69, 9.17) is 11.6 Å². The summed E-state index contributed by atoms with van der Waals surface area (Å²) in [6.07, 6.45) is -3.72. The van der Waals surface area contributed by atoms with Crippen LogP contribution >= 0.6 is 22.9 Å². The van der Waals surface area contributed by atoms with Crippen LogP contribution in [0.25, 0.3) is 5.69 Å². The fourth-order valence-electron chi connectivity index (χ4n) is 3.54. The van der Waals surface area contributed by atoms with Crippen molar-refractivity contribution in [2.45, 2.75) is 12.6 Å². The zero-order valence-electron chi connectivity index (χ0n) is 16.5. The molecule has 0 radical (unpaired) electrons. The molecule has 10 heteroatoms. The van der Waals surface area contributed by atoms with Crippen molar-refractivity contribution in [3.8, 4) is 5.69 Å². The lowest BCUT2D eigenvalue weighted by Gasteiger charge is -2.34. The second-order valence-electron chi connectivity index (χ2n) is 7.24. The van der Waals surface area contributed by atoms with Crippen molar-refractivity contribution in [3.05, 3.63) is 69.1 Å². The van der Waals surface area contributed by atoms with Gasteiger partial charge in [-0.15, -0.1) is 11.3 Å². The molecule has 31 heavy (non-hydrogen) atoms. The molecule has 0 aliphatic carbocycles. The van der Waals surface area contributed by atoms with Crippen molar-refractivity contribution >= 4 is 28.8 Å². The maximum Gasteiger partial charge on any atom is 0.435 e. The minimum atomic E-state index is -4.66. The van der Waals surface area contributed by atoms with Crippen molar-refractivity contribution in [2.24, 2.45) is 0 Å². The summed E-state index contributed by atoms with van der Waals surface area (Å²) in [5.74, 6) is -0.485. The number of para-hydroxylation sites is 1. The number of amides is 1. The van der Waals surface area contributed by atoms with Crippen molar-refractivity contribution in [3.63, 3.8) is 0 Å². The fraction of sp³-hybridized carbons (Fsp3) is 0.333. The Kier molecular flexibility index (Phi) is 6.36. The molecular weight excluding hydrogens is 449 g/mol. The number of carbonyl (C=O) groups is 1. The number of hydrogen-bond acceptors (Lipinski definition) is 4. The number of piperazine rings is 1. The van der Waals surface area contributed by atoms with E-state index in [1.165, 1.54) is 10.9 Å². The molecule has 4 rings (SSSR count). The molecule has 1 amide bonds. The lowest BCUT2D eigenvalue weighted by molar-refractivity contribution is -0.141. The first kappa shape index (κ1) is 21.9. The number of rotatable bonds is 5. The Bertz CT molecular complexity index is 1040. The molecule has 0 spiro atoms. The lowest BCUT2D eigenvalue weighted by atomic mass is 10.2. The molecule has 5 nitrogen and oxygen atoms in total. The normalized spacial score (nSPS) is 15.4. The Morgan fingerprint density at radius 2 is 1.84 bits per heavy atom. The monoisotopic (exact) mass is 468 g/mol. The van der Waals surface area contributed by atoms with Crippen molar-refractivity contribution in [1.29, 1.82) is 0 Å². The summed E-state index contributed by atoms with van der Waals surface area (Å²) < 4.78 is 40.9. The number of halogens is 4. The fourth-order valence-corrected chi connectivity index (χ4v) is 4.45. The number of benzene rings is 1. The van der Waals surface area contributed by atoms with Gasteiger partial charge in [-0.1, -0.05) is 29.8 Å². The molecule has 0 saturated carbocycles. The van der Waals surface area contributed by atoms with Crippen molar-refractivity contribution in [2.75, 3.05) is 32.7 Å². The first-order valence-corrected chi connectivity index (χ1v) is 11.0. The zero-order chi connectivity index (χ0) is 22.0. The highest BCUT2D eigenvalue weighted by molar-refractivity contribution is 7.09. The summed E-state index contributed by atoms with van der Waals surface area (Å²) >= 11 is 7.88. The van der Waals surface area contributed by atoms with Crippen molar-refractivity contribution in [1.82, 2.24) is 19.6 Å². The molecule has 3 aromatic rings. The van der Waals surface area contributed by atoms with Gasteiger partial charge in [-0.2, -0.15) is 18.3 Å². The van der Waals surface area contributed by atoms with E-state index in [1.807, 2.05) is 11.4 Å². The maximum absolute atomic E-state index is 13.3. The number of thiophene rings is 1. The number of nitrogens with zero attached hydrogens (tertiary/aromatic N) is 4. The lowest BCUT2D eigenvalue weighted by Crippen LogP contribution is -2.49. The number of carbonyl (C=O) groups excluding carboxylic acids is 1. The molecular formula is C21H20ClF3N4OS. The summed E-state index contributed by atoms with van der Waals surface area (Å²) in [5, 5.41) is 5.91. The summed E-state index contributed by atoms with van der Waals surface area (Å²) in [6.45, 7) is 3.11. The van der Waals surface area contributed by atoms with E-state index in [2.05, 4.69) is 16.1 Å². The predicted molar refractivity (Wildman–Crippen MR) is 114 cm³/mol. The molecule has 1 saturated heterocycles. The third kappa shape index (κ3) is 4.94. The smallest absolute Gasteiger partial charge is 0.335 e. The topological polar surface area (TPSA) is 41.4 Å². The van der Waals surface area contributed by atoms with Crippen LogP contribution in [0.4, 0.5) is 13.2 Å². The zero-order valence-corrected chi connectivity index (χ0v) is 18.1. The highest BCUT2D eigenvalue weighted by Gasteiger charge is 2.37. The Balaban J connectivity index is 1.50. The first-order valence-electron chi connectivity index (χ1n) is 9.79. The third-order valence-electron chi connectivity index (χ3n) is 5.21. The van der Waals surface area contributed by atoms with Crippen LogP contribution in [-0.2, 0) is 12.6 Å². The summed E-state index contributed by atoms with van der Waals surface area (Å²) in [7, 11) is 0. The molecule has 0 N–H and O–H groups in total. The second kappa shape index (κ2) is 9.02. The summed E-state index contributed by atoms with van der Waals surface area (Å²) in [5.41, 5.74) is -1.03. The molecule has 1 aliphatic rings. The van der Waals surface area contributed by atoms with Crippen LogP contribution in [0.5, 0.6) is 0 Å². The van der Waals surface area contributed by atoms with Gasteiger partial charge in [-0.25, -0.2) is 4.68 Å². The molecule has 0 unspecified atom stereocenters. The molecule has 1 fully saturated rings. The van der Waals surface area contributed by atoms with E-state index < -0.39 is 17.8 Å². The van der Waals surface area contributed by atoms with Gasteiger partial charge in [0.15, 0.2) is 5.69 Å². The van der Waals surface area contributed by atoms with E-state index in [9.17, 15) is 18.0 Å². The number of hydrogen-bond donors (Lipinski definition) is 0. The van der Waals surface area contributed by atoms with Crippen LogP contribution in [-0.4, -0.2) is 58.2 Å². The van der Waals surface area contributed by atoms with E-state index in [-0.39, 0.29) is 16.4 Å². The summed E-state index contributed by atoms with van der Waals surface area (Å²) in [4.78, 5) is 18.3. The predicted octanol–water partition coefficient (Wildman–Crippen LogP) is 4.61. The quantitative estimate of drug-likeness (QED) is 0.549. The number of aromatic nitrogens is 2. The van der Waals surface area contributed by atoms with Crippen LogP contribution in [0.2, 0.25) is 5.02 Å². The van der Waals surface area contributed by atoms with E-state index in [0.29, 0.717) is 26.2 Å². The van der Waals surface area contributed by atoms with Crippen molar-refractivity contribution < 1.29 is 18.0 Å². The van der Waals surface area contributed by atoms with Gasteiger partial charge in [0.05, 0.1) is 10.7 Å². The first-order chi connectivity index (χ1) is 14.8. The van der Waals surface area contributed by atoms with Gasteiger partial charge in [0, 0.05) is 43.7 Å².